The summed E-state index contributed by atoms with van der Waals surface area (Å²) >= 11 is 13.5. The lowest BCUT2D eigenvalue weighted by Gasteiger charge is -2.12. The zero-order valence-electron chi connectivity index (χ0n) is 9.54. The number of nitrogens with one attached hydrogen (secondary N) is 1. The highest BCUT2D eigenvalue weighted by atomic mass is 35.5. The molecule has 2 heterocycles. The molecule has 0 aliphatic carbocycles. The molecule has 0 saturated carbocycles. The van der Waals surface area contributed by atoms with Gasteiger partial charge in [0.15, 0.2) is 6.04 Å². The van der Waals surface area contributed by atoms with Gasteiger partial charge in [0.05, 0.1) is 4.34 Å². The third kappa shape index (κ3) is 3.33. The van der Waals surface area contributed by atoms with Gasteiger partial charge in [0, 0.05) is 4.88 Å². The van der Waals surface area contributed by atoms with Crippen LogP contribution in [0.2, 0.25) is 8.67 Å². The summed E-state index contributed by atoms with van der Waals surface area (Å²) in [6.07, 6.45) is 0. The van der Waals surface area contributed by atoms with Crippen LogP contribution < -0.4 is 4.72 Å². The molecule has 5 nitrogen and oxygen atoms in total. The molecule has 0 spiro atoms. The molecule has 2 N–H and O–H groups in total. The monoisotopic (exact) mass is 371 g/mol. The largest absolute Gasteiger partial charge is 0.480 e. The van der Waals surface area contributed by atoms with Crippen LogP contribution in [0, 0.1) is 0 Å². The maximum atomic E-state index is 12.2. The minimum Gasteiger partial charge on any atom is -0.480 e. The van der Waals surface area contributed by atoms with Crippen molar-refractivity contribution < 1.29 is 18.3 Å². The molecule has 0 saturated heterocycles. The molecule has 0 aliphatic heterocycles. The zero-order chi connectivity index (χ0) is 14.9. The maximum Gasteiger partial charge on any atom is 0.327 e. The fourth-order valence-corrected chi connectivity index (χ4v) is 5.57. The molecular formula is C10H7Cl2NO4S3. The molecule has 10 heteroatoms. The van der Waals surface area contributed by atoms with Gasteiger partial charge in [0.1, 0.15) is 9.23 Å². The number of hydrogen-bond acceptors (Lipinski definition) is 5. The van der Waals surface area contributed by atoms with Gasteiger partial charge in [0.25, 0.3) is 0 Å². The minimum atomic E-state index is -4.07. The van der Waals surface area contributed by atoms with E-state index in [9.17, 15) is 13.2 Å². The Balaban J connectivity index is 2.35. The Labute approximate surface area is 132 Å². The molecule has 20 heavy (non-hydrogen) atoms. The Hall–Kier alpha value is -0.640. The smallest absolute Gasteiger partial charge is 0.327 e. The topological polar surface area (TPSA) is 83.5 Å². The van der Waals surface area contributed by atoms with Gasteiger partial charge in [-0.25, -0.2) is 8.42 Å². The van der Waals surface area contributed by atoms with Gasteiger partial charge in [-0.3, -0.25) is 4.79 Å². The van der Waals surface area contributed by atoms with Crippen LogP contribution in [0.15, 0.2) is 28.5 Å². The van der Waals surface area contributed by atoms with Gasteiger partial charge >= 0.3 is 5.97 Å². The van der Waals surface area contributed by atoms with Crippen LogP contribution in [0.3, 0.4) is 0 Å². The summed E-state index contributed by atoms with van der Waals surface area (Å²) in [6.45, 7) is 0. The number of hydrogen-bond donors (Lipinski definition) is 2. The Kier molecular flexibility index (Phi) is 4.73. The highest BCUT2D eigenvalue weighted by Gasteiger charge is 2.30. The Morgan fingerprint density at radius 2 is 2.10 bits per heavy atom. The van der Waals surface area contributed by atoms with Crippen molar-refractivity contribution in [2.45, 2.75) is 10.9 Å². The van der Waals surface area contributed by atoms with Gasteiger partial charge < -0.3 is 5.11 Å². The third-order valence-electron chi connectivity index (χ3n) is 2.26. The van der Waals surface area contributed by atoms with E-state index in [1.54, 1.807) is 11.4 Å². The van der Waals surface area contributed by atoms with Crippen LogP contribution in [-0.2, 0) is 14.8 Å². The average molecular weight is 372 g/mol. The third-order valence-corrected chi connectivity index (χ3v) is 6.38. The van der Waals surface area contributed by atoms with E-state index in [0.717, 1.165) is 22.7 Å². The molecule has 1 unspecified atom stereocenters. The van der Waals surface area contributed by atoms with Crippen LogP contribution in [0.5, 0.6) is 0 Å². The number of rotatable bonds is 5. The summed E-state index contributed by atoms with van der Waals surface area (Å²) in [5, 5.41) is 10.8. The van der Waals surface area contributed by atoms with Crippen molar-refractivity contribution in [1.82, 2.24) is 4.72 Å². The van der Waals surface area contributed by atoms with E-state index in [1.165, 1.54) is 12.1 Å². The first-order chi connectivity index (χ1) is 9.31. The van der Waals surface area contributed by atoms with Crippen LogP contribution in [0.1, 0.15) is 10.9 Å². The van der Waals surface area contributed by atoms with Crippen LogP contribution in [0.25, 0.3) is 0 Å². The fourth-order valence-electron chi connectivity index (χ4n) is 1.41. The first-order valence-corrected chi connectivity index (χ1v) is 8.98. The molecule has 0 aromatic carbocycles. The van der Waals surface area contributed by atoms with E-state index in [1.807, 2.05) is 0 Å². The molecule has 0 aliphatic rings. The standard InChI is InChI=1S/C10H7Cl2NO4S3/c11-7-4-6(9(12)19-7)20(16,17)13-8(10(14)15)5-2-1-3-18-5/h1-4,8,13H,(H,14,15). The van der Waals surface area contributed by atoms with Crippen molar-refractivity contribution in [3.05, 3.63) is 37.1 Å². The maximum absolute atomic E-state index is 12.2. The highest BCUT2D eigenvalue weighted by molar-refractivity contribution is 7.89. The Bertz CT molecular complexity index is 724. The summed E-state index contributed by atoms with van der Waals surface area (Å²) in [5.74, 6) is -1.30. The molecule has 0 bridgehead atoms. The minimum absolute atomic E-state index is 0.0159. The van der Waals surface area contributed by atoms with E-state index in [-0.39, 0.29) is 13.6 Å². The SMILES string of the molecule is O=C(O)C(NS(=O)(=O)c1cc(Cl)sc1Cl)c1cccs1. The lowest BCUT2D eigenvalue weighted by Crippen LogP contribution is -2.33. The summed E-state index contributed by atoms with van der Waals surface area (Å²) in [4.78, 5) is 11.4. The first-order valence-electron chi connectivity index (χ1n) is 5.04. The normalized spacial score (nSPS) is 13.3. The first kappa shape index (κ1) is 15.7. The Morgan fingerprint density at radius 1 is 1.40 bits per heavy atom. The molecule has 2 aromatic rings. The second kappa shape index (κ2) is 6.00. The van der Waals surface area contributed by atoms with Crippen molar-refractivity contribution in [3.63, 3.8) is 0 Å². The van der Waals surface area contributed by atoms with E-state index in [2.05, 4.69) is 4.72 Å². The number of carboxylic acid groups (broad SMARTS) is 1. The number of halogens is 2. The lowest BCUT2D eigenvalue weighted by molar-refractivity contribution is -0.139. The van der Waals surface area contributed by atoms with Crippen LogP contribution in [0.4, 0.5) is 0 Å². The van der Waals surface area contributed by atoms with Crippen LogP contribution >= 0.6 is 45.9 Å². The second-order valence-electron chi connectivity index (χ2n) is 3.60. The molecule has 1 atom stereocenters. The van der Waals surface area contributed by atoms with E-state index in [4.69, 9.17) is 28.3 Å². The molecule has 108 valence electrons. The van der Waals surface area contributed by atoms with Crippen molar-refractivity contribution >= 4 is 61.9 Å². The van der Waals surface area contributed by atoms with Gasteiger partial charge in [-0.2, -0.15) is 4.72 Å². The van der Waals surface area contributed by atoms with Gasteiger partial charge in [-0.05, 0) is 17.5 Å². The van der Waals surface area contributed by atoms with E-state index < -0.39 is 22.0 Å². The number of carbonyl (C=O) groups is 1. The lowest BCUT2D eigenvalue weighted by atomic mass is 10.3. The van der Waals surface area contributed by atoms with Crippen LogP contribution in [-0.4, -0.2) is 19.5 Å². The fraction of sp³-hybridized carbons (Fsp3) is 0.100. The summed E-state index contributed by atoms with van der Waals surface area (Å²) < 4.78 is 26.6. The number of carboxylic acids is 1. The number of thiophene rings is 2. The van der Waals surface area contributed by atoms with E-state index >= 15 is 0 Å². The molecular weight excluding hydrogens is 365 g/mol. The van der Waals surface area contributed by atoms with Crippen molar-refractivity contribution in [1.29, 1.82) is 0 Å². The number of aliphatic carboxylic acids is 1. The second-order valence-corrected chi connectivity index (χ2v) is 8.54. The molecule has 0 amide bonds. The van der Waals surface area contributed by atoms with Gasteiger partial charge in [0.2, 0.25) is 10.0 Å². The average Bonchev–Trinajstić information content (AvgIpc) is 2.95. The quantitative estimate of drug-likeness (QED) is 0.844. The number of sulfonamides is 1. The molecule has 2 rings (SSSR count). The summed E-state index contributed by atoms with van der Waals surface area (Å²) in [5.41, 5.74) is 0. The molecule has 0 radical (unpaired) electrons. The molecule has 0 fully saturated rings. The van der Waals surface area contributed by atoms with Crippen molar-refractivity contribution in [2.75, 3.05) is 0 Å². The predicted molar refractivity (Wildman–Crippen MR) is 79.4 cm³/mol. The van der Waals surface area contributed by atoms with Gasteiger partial charge in [-0.1, -0.05) is 29.3 Å². The highest BCUT2D eigenvalue weighted by Crippen LogP contribution is 2.35. The Morgan fingerprint density at radius 3 is 2.55 bits per heavy atom. The van der Waals surface area contributed by atoms with E-state index in [0.29, 0.717) is 4.88 Å². The summed E-state index contributed by atoms with van der Waals surface area (Å²) in [6, 6.07) is 2.99. The summed E-state index contributed by atoms with van der Waals surface area (Å²) in [7, 11) is -4.07. The van der Waals surface area contributed by atoms with Crippen molar-refractivity contribution in [3.8, 4) is 0 Å². The van der Waals surface area contributed by atoms with Crippen molar-refractivity contribution in [2.24, 2.45) is 0 Å². The molecule has 2 aromatic heterocycles. The van der Waals surface area contributed by atoms with Gasteiger partial charge in [-0.15, -0.1) is 22.7 Å². The predicted octanol–water partition coefficient (Wildman–Crippen LogP) is 3.22. The zero-order valence-corrected chi connectivity index (χ0v) is 13.5.